The van der Waals surface area contributed by atoms with Gasteiger partial charge in [-0.1, -0.05) is 176 Å². The van der Waals surface area contributed by atoms with E-state index in [1.54, 1.807) is 0 Å². The van der Waals surface area contributed by atoms with Crippen molar-refractivity contribution in [2.45, 2.75) is 20.8 Å². The van der Waals surface area contributed by atoms with Crippen molar-refractivity contribution in [1.29, 1.82) is 0 Å². The van der Waals surface area contributed by atoms with Crippen LogP contribution in [-0.2, 0) is 0 Å². The zero-order valence-corrected chi connectivity index (χ0v) is 34.5. The minimum absolute atomic E-state index is 0.578. The van der Waals surface area contributed by atoms with E-state index in [0.29, 0.717) is 17.4 Å². The smallest absolute Gasteiger partial charge is 0.160 e. The molecule has 292 valence electrons. The summed E-state index contributed by atoms with van der Waals surface area (Å²) in [5.41, 5.74) is 15.5. The quantitative estimate of drug-likeness (QED) is 0.108. The number of hydrogen-bond donors (Lipinski definition) is 0. The molecule has 0 atom stereocenters. The molecule has 4 nitrogen and oxygen atoms in total. The molecule has 0 radical (unpaired) electrons. The topological polar surface area (TPSA) is 50.5 Å². The van der Waals surface area contributed by atoms with Crippen LogP contribution in [0.5, 0.6) is 0 Å². The molecule has 9 aromatic rings. The highest BCUT2D eigenvalue weighted by molar-refractivity contribution is 6.12. The number of rotatable bonds is 9. The van der Waals surface area contributed by atoms with Gasteiger partial charge in [-0.25, -0.2) is 20.0 Å². The molecule has 4 heteroatoms. The van der Waals surface area contributed by atoms with E-state index in [0.717, 1.165) is 89.2 Å². The molecular formula is C57H44N4. The van der Waals surface area contributed by atoms with Crippen molar-refractivity contribution < 1.29 is 0 Å². The van der Waals surface area contributed by atoms with Crippen molar-refractivity contribution in [3.05, 3.63) is 235 Å². The summed E-state index contributed by atoms with van der Waals surface area (Å²) in [5.74, 6) is 1.20. The van der Waals surface area contributed by atoms with Gasteiger partial charge in [-0.3, -0.25) is 0 Å². The number of amidine groups is 1. The monoisotopic (exact) mass is 784 g/mol. The van der Waals surface area contributed by atoms with Gasteiger partial charge in [0.05, 0.1) is 17.1 Å². The van der Waals surface area contributed by atoms with Gasteiger partial charge >= 0.3 is 0 Å². The molecule has 0 aliphatic carbocycles. The number of aromatic nitrogens is 2. The fraction of sp³-hybridized carbons (Fsp3) is 0.0526. The second kappa shape index (κ2) is 17.2. The molecule has 0 aliphatic heterocycles. The third-order valence-electron chi connectivity index (χ3n) is 11.1. The van der Waals surface area contributed by atoms with E-state index in [1.807, 2.05) is 61.5 Å². The standard InChI is InChI=1S/C57H44N4/c1-38-19-14-17-30-53(38)55-39(2)54(49-29-18-28-47(34-49)43-22-10-6-11-23-43)60-57(61-55)52-36-50(35-51(37-52)48-32-31-44-24-15-16-27-46(44)33-48)41(4)59-56(45-25-12-7-13-26-45)58-40(3)42-20-8-5-9-21-42/h5-37H,4H2,1-3H3. The Morgan fingerprint density at radius 1 is 0.426 bits per heavy atom. The van der Waals surface area contributed by atoms with E-state index >= 15 is 0 Å². The van der Waals surface area contributed by atoms with Gasteiger partial charge in [-0.05, 0) is 95.3 Å². The van der Waals surface area contributed by atoms with Gasteiger partial charge in [-0.15, -0.1) is 0 Å². The number of nitrogens with zero attached hydrogens (tertiary/aromatic N) is 4. The molecule has 9 rings (SSSR count). The molecule has 0 aliphatic rings. The summed E-state index contributed by atoms with van der Waals surface area (Å²) in [7, 11) is 0. The average molecular weight is 785 g/mol. The van der Waals surface area contributed by atoms with Gasteiger partial charge in [0, 0.05) is 39.1 Å². The Bertz CT molecular complexity index is 3110. The van der Waals surface area contributed by atoms with Crippen molar-refractivity contribution in [1.82, 2.24) is 9.97 Å². The van der Waals surface area contributed by atoms with E-state index in [9.17, 15) is 0 Å². The van der Waals surface area contributed by atoms with Crippen molar-refractivity contribution in [2.75, 3.05) is 0 Å². The van der Waals surface area contributed by atoms with E-state index in [-0.39, 0.29) is 0 Å². The Hall–Kier alpha value is -7.82. The Morgan fingerprint density at radius 2 is 1.00 bits per heavy atom. The number of benzene rings is 8. The number of fused-ring (bicyclic) bond motifs is 1. The SMILES string of the molecule is C=C(N=C(N=C(C)c1ccccc1)c1ccccc1)c1cc(-c2ccc3ccccc3c2)cc(-c2nc(-c3cccc(-c4ccccc4)c3)c(C)c(-c3ccccc3C)n2)c1. The van der Waals surface area contributed by atoms with Gasteiger partial charge in [0.25, 0.3) is 0 Å². The van der Waals surface area contributed by atoms with E-state index in [1.165, 1.54) is 5.39 Å². The van der Waals surface area contributed by atoms with Crippen LogP contribution in [-0.4, -0.2) is 21.5 Å². The van der Waals surface area contributed by atoms with Gasteiger partial charge in [0.1, 0.15) is 0 Å². The normalized spacial score (nSPS) is 11.8. The van der Waals surface area contributed by atoms with Crippen LogP contribution in [0.15, 0.2) is 217 Å². The Balaban J connectivity index is 1.25. The first-order chi connectivity index (χ1) is 29.9. The third-order valence-corrected chi connectivity index (χ3v) is 11.1. The first kappa shape index (κ1) is 38.7. The Kier molecular flexibility index (Phi) is 10.9. The van der Waals surface area contributed by atoms with Crippen LogP contribution in [0.2, 0.25) is 0 Å². The van der Waals surface area contributed by atoms with Gasteiger partial charge in [-0.2, -0.15) is 0 Å². The van der Waals surface area contributed by atoms with Gasteiger partial charge in [0.15, 0.2) is 11.7 Å². The van der Waals surface area contributed by atoms with Crippen LogP contribution in [0, 0.1) is 13.8 Å². The molecule has 0 bridgehead atoms. The third kappa shape index (κ3) is 8.38. The van der Waals surface area contributed by atoms with Crippen LogP contribution in [0.1, 0.15) is 34.7 Å². The van der Waals surface area contributed by atoms with Crippen LogP contribution in [0.4, 0.5) is 0 Å². The highest BCUT2D eigenvalue weighted by Gasteiger charge is 2.19. The van der Waals surface area contributed by atoms with Gasteiger partial charge in [0.2, 0.25) is 0 Å². The summed E-state index contributed by atoms with van der Waals surface area (Å²) < 4.78 is 0. The maximum absolute atomic E-state index is 5.43. The maximum atomic E-state index is 5.43. The summed E-state index contributed by atoms with van der Waals surface area (Å²) in [4.78, 5) is 21.1. The largest absolute Gasteiger partial charge is 0.233 e. The van der Waals surface area contributed by atoms with Crippen LogP contribution in [0.3, 0.4) is 0 Å². The van der Waals surface area contributed by atoms with Crippen LogP contribution >= 0.6 is 0 Å². The summed E-state index contributed by atoms with van der Waals surface area (Å²) in [5, 5.41) is 2.35. The summed E-state index contributed by atoms with van der Waals surface area (Å²) in [6, 6.07) is 69.3. The summed E-state index contributed by atoms with van der Waals surface area (Å²) in [6.07, 6.45) is 0. The molecular weight excluding hydrogens is 741 g/mol. The number of hydrogen-bond acceptors (Lipinski definition) is 3. The molecule has 8 aromatic carbocycles. The predicted molar refractivity (Wildman–Crippen MR) is 257 cm³/mol. The Labute approximate surface area is 358 Å². The zero-order valence-electron chi connectivity index (χ0n) is 34.5. The second-order valence-electron chi connectivity index (χ2n) is 15.3. The molecule has 0 amide bonds. The van der Waals surface area contributed by atoms with E-state index in [2.05, 4.69) is 166 Å². The second-order valence-corrected chi connectivity index (χ2v) is 15.3. The predicted octanol–water partition coefficient (Wildman–Crippen LogP) is 14.5. The maximum Gasteiger partial charge on any atom is 0.160 e. The zero-order chi connectivity index (χ0) is 41.7. The summed E-state index contributed by atoms with van der Waals surface area (Å²) >= 11 is 0. The lowest BCUT2D eigenvalue weighted by atomic mass is 9.94. The average Bonchev–Trinajstić information content (AvgIpc) is 3.32. The lowest BCUT2D eigenvalue weighted by Crippen LogP contribution is -2.04. The highest BCUT2D eigenvalue weighted by Crippen LogP contribution is 2.37. The first-order valence-electron chi connectivity index (χ1n) is 20.6. The molecule has 0 fully saturated rings. The minimum Gasteiger partial charge on any atom is -0.233 e. The van der Waals surface area contributed by atoms with E-state index < -0.39 is 0 Å². The molecule has 1 heterocycles. The molecule has 61 heavy (non-hydrogen) atoms. The molecule has 0 saturated carbocycles. The summed E-state index contributed by atoms with van der Waals surface area (Å²) in [6.45, 7) is 10.9. The van der Waals surface area contributed by atoms with Crippen LogP contribution < -0.4 is 0 Å². The van der Waals surface area contributed by atoms with Crippen LogP contribution in [0.25, 0.3) is 72.6 Å². The number of aliphatic imine (C=N–C) groups is 2. The lowest BCUT2D eigenvalue weighted by Gasteiger charge is -2.17. The molecule has 0 saturated heterocycles. The van der Waals surface area contributed by atoms with Gasteiger partial charge < -0.3 is 0 Å². The fourth-order valence-electron chi connectivity index (χ4n) is 7.80. The molecule has 1 aromatic heterocycles. The molecule has 0 spiro atoms. The van der Waals surface area contributed by atoms with Crippen molar-refractivity contribution in [3.63, 3.8) is 0 Å². The lowest BCUT2D eigenvalue weighted by molar-refractivity contribution is 1.14. The fourth-order valence-corrected chi connectivity index (χ4v) is 7.80. The molecule has 0 N–H and O–H groups in total. The Morgan fingerprint density at radius 3 is 1.75 bits per heavy atom. The van der Waals surface area contributed by atoms with Crippen molar-refractivity contribution in [3.8, 4) is 56.2 Å². The minimum atomic E-state index is 0.578. The number of aryl methyl sites for hydroxylation is 1. The molecule has 0 unspecified atom stereocenters. The van der Waals surface area contributed by atoms with Crippen molar-refractivity contribution in [2.24, 2.45) is 9.98 Å². The van der Waals surface area contributed by atoms with E-state index in [4.69, 9.17) is 20.0 Å². The van der Waals surface area contributed by atoms with Crippen molar-refractivity contribution >= 4 is 28.0 Å². The first-order valence-corrected chi connectivity index (χ1v) is 20.6. The highest BCUT2D eigenvalue weighted by atomic mass is 14.9.